The molecule has 1 aromatic heterocycles. The van der Waals surface area contributed by atoms with E-state index in [4.69, 9.17) is 14.2 Å². The summed E-state index contributed by atoms with van der Waals surface area (Å²) in [5.41, 5.74) is -0.520. The van der Waals surface area contributed by atoms with Gasteiger partial charge in [0.25, 0.3) is 5.89 Å². The third-order valence-electron chi connectivity index (χ3n) is 6.96. The van der Waals surface area contributed by atoms with Crippen molar-refractivity contribution in [1.29, 1.82) is 0 Å². The summed E-state index contributed by atoms with van der Waals surface area (Å²) in [5.74, 6) is 1.30. The molecule has 1 amide bonds. The summed E-state index contributed by atoms with van der Waals surface area (Å²) in [6.45, 7) is 4.80. The average Bonchev–Trinajstić information content (AvgIpc) is 3.30. The lowest BCUT2D eigenvalue weighted by molar-refractivity contribution is -0.128. The van der Waals surface area contributed by atoms with Crippen molar-refractivity contribution in [2.45, 2.75) is 102 Å². The smallest absolute Gasteiger partial charge is 0.255 e. The van der Waals surface area contributed by atoms with E-state index in [2.05, 4.69) is 15.4 Å². The maximum Gasteiger partial charge on any atom is 0.255 e. The highest BCUT2D eigenvalue weighted by atomic mass is 16.5. The molecule has 0 bridgehead atoms. The lowest BCUT2D eigenvalue weighted by atomic mass is 9.88. The Hall–Kier alpha value is -1.47. The quantitative estimate of drug-likeness (QED) is 0.751. The normalized spacial score (nSPS) is 27.1. The second-order valence-electron chi connectivity index (χ2n) is 9.07. The molecule has 2 saturated heterocycles. The van der Waals surface area contributed by atoms with Gasteiger partial charge in [0.2, 0.25) is 5.91 Å². The number of carbonyl (C=O) groups is 1. The van der Waals surface area contributed by atoms with E-state index in [9.17, 15) is 4.79 Å². The minimum atomic E-state index is -0.520. The largest absolute Gasteiger partial charge is 0.368 e. The monoisotopic (exact) mass is 404 g/mol. The van der Waals surface area contributed by atoms with Crippen LogP contribution in [0, 0.1) is 0 Å². The Bertz CT molecular complexity index is 655. The topological polar surface area (TPSA) is 80.5 Å². The second-order valence-corrected chi connectivity index (χ2v) is 9.07. The van der Waals surface area contributed by atoms with Gasteiger partial charge in [-0.25, -0.2) is 0 Å². The van der Waals surface area contributed by atoms with Crippen LogP contribution in [0.25, 0.3) is 0 Å². The van der Waals surface area contributed by atoms with Gasteiger partial charge in [0, 0.05) is 6.61 Å². The number of likely N-dealkylation sites (tertiary alicyclic amines) is 1. The fourth-order valence-corrected chi connectivity index (χ4v) is 5.06. The van der Waals surface area contributed by atoms with Crippen LogP contribution in [-0.4, -0.2) is 46.7 Å². The standard InChI is InChI=1S/C22H36N4O3/c1-17(26-14-8-4-5-9-15-26)19(27)24-22(12-6-2-3-7-13-22)21-23-20(29-25-21)18-11-10-16-28-18/h17-18H,2-16H2,1H3,(H,24,27)/t17-,18+/m1/s1. The van der Waals surface area contributed by atoms with Gasteiger partial charge in [0.05, 0.1) is 6.04 Å². The zero-order valence-electron chi connectivity index (χ0n) is 17.8. The highest BCUT2D eigenvalue weighted by Gasteiger charge is 2.41. The van der Waals surface area contributed by atoms with Gasteiger partial charge < -0.3 is 14.6 Å². The minimum absolute atomic E-state index is 0.0918. The molecular formula is C22H36N4O3. The average molecular weight is 405 g/mol. The number of carbonyl (C=O) groups excluding carboxylic acids is 1. The first kappa shape index (κ1) is 20.8. The molecule has 162 valence electrons. The molecule has 3 heterocycles. The highest BCUT2D eigenvalue weighted by molar-refractivity contribution is 5.82. The van der Waals surface area contributed by atoms with Crippen molar-refractivity contribution in [3.05, 3.63) is 11.7 Å². The highest BCUT2D eigenvalue weighted by Crippen LogP contribution is 2.36. The minimum Gasteiger partial charge on any atom is -0.368 e. The predicted molar refractivity (Wildman–Crippen MR) is 109 cm³/mol. The number of ether oxygens (including phenoxy) is 1. The van der Waals surface area contributed by atoms with Crippen LogP contribution in [0.4, 0.5) is 0 Å². The first-order valence-electron chi connectivity index (χ1n) is 11.7. The number of nitrogens with zero attached hydrogens (tertiary/aromatic N) is 3. The number of aromatic nitrogens is 2. The molecule has 7 nitrogen and oxygen atoms in total. The maximum absolute atomic E-state index is 13.3. The molecule has 2 aliphatic heterocycles. The van der Waals surface area contributed by atoms with Crippen LogP contribution in [0.1, 0.15) is 102 Å². The Kier molecular flexibility index (Phi) is 6.85. The van der Waals surface area contributed by atoms with E-state index in [0.29, 0.717) is 11.7 Å². The van der Waals surface area contributed by atoms with Gasteiger partial charge in [-0.15, -0.1) is 0 Å². The molecule has 0 spiro atoms. The van der Waals surface area contributed by atoms with Gasteiger partial charge in [0.1, 0.15) is 11.6 Å². The molecule has 2 atom stereocenters. The van der Waals surface area contributed by atoms with Crippen LogP contribution >= 0.6 is 0 Å². The molecule has 7 heteroatoms. The van der Waals surface area contributed by atoms with E-state index in [-0.39, 0.29) is 18.1 Å². The summed E-state index contributed by atoms with van der Waals surface area (Å²) >= 11 is 0. The molecule has 1 aliphatic carbocycles. The summed E-state index contributed by atoms with van der Waals surface area (Å²) < 4.78 is 11.3. The van der Waals surface area contributed by atoms with Crippen LogP contribution in [0.5, 0.6) is 0 Å². The van der Waals surface area contributed by atoms with Gasteiger partial charge in [-0.1, -0.05) is 43.7 Å². The number of rotatable bonds is 5. The molecule has 0 unspecified atom stereocenters. The van der Waals surface area contributed by atoms with Crippen LogP contribution < -0.4 is 5.32 Å². The van der Waals surface area contributed by atoms with E-state index < -0.39 is 5.54 Å². The van der Waals surface area contributed by atoms with Gasteiger partial charge in [0.15, 0.2) is 5.82 Å². The molecule has 1 aromatic rings. The predicted octanol–water partition coefficient (Wildman–Crippen LogP) is 3.85. The molecule has 4 rings (SSSR count). The van der Waals surface area contributed by atoms with E-state index in [1.54, 1.807) is 0 Å². The Labute approximate surface area is 173 Å². The Balaban J connectivity index is 1.52. The molecule has 3 fully saturated rings. The van der Waals surface area contributed by atoms with E-state index in [1.807, 2.05) is 6.92 Å². The van der Waals surface area contributed by atoms with Crippen molar-refractivity contribution in [2.75, 3.05) is 19.7 Å². The van der Waals surface area contributed by atoms with Gasteiger partial charge in [-0.3, -0.25) is 9.69 Å². The van der Waals surface area contributed by atoms with Crippen LogP contribution in [0.2, 0.25) is 0 Å². The summed E-state index contributed by atoms with van der Waals surface area (Å²) in [6, 6.07) is -0.127. The van der Waals surface area contributed by atoms with E-state index in [1.165, 1.54) is 38.5 Å². The molecule has 29 heavy (non-hydrogen) atoms. The molecule has 0 radical (unpaired) electrons. The summed E-state index contributed by atoms with van der Waals surface area (Å²) in [7, 11) is 0. The van der Waals surface area contributed by atoms with Crippen LogP contribution in [-0.2, 0) is 15.1 Å². The van der Waals surface area contributed by atoms with Crippen molar-refractivity contribution >= 4 is 5.91 Å². The SMILES string of the molecule is C[C@H](C(=O)NC1(c2noc([C@@H]3CCCO3)n2)CCCCCC1)N1CCCCCC1. The Morgan fingerprint density at radius 2 is 1.76 bits per heavy atom. The van der Waals surface area contributed by atoms with Crippen LogP contribution in [0.3, 0.4) is 0 Å². The fraction of sp³-hybridized carbons (Fsp3) is 0.864. The number of nitrogens with one attached hydrogen (secondary N) is 1. The van der Waals surface area contributed by atoms with Crippen molar-refractivity contribution in [3.63, 3.8) is 0 Å². The second kappa shape index (κ2) is 9.56. The van der Waals surface area contributed by atoms with Gasteiger partial charge >= 0.3 is 0 Å². The maximum atomic E-state index is 13.3. The lowest BCUT2D eigenvalue weighted by Crippen LogP contribution is -2.53. The zero-order valence-corrected chi connectivity index (χ0v) is 17.8. The van der Waals surface area contributed by atoms with Gasteiger partial charge in [-0.05, 0) is 58.5 Å². The summed E-state index contributed by atoms with van der Waals surface area (Å²) in [4.78, 5) is 20.4. The lowest BCUT2D eigenvalue weighted by Gasteiger charge is -2.34. The van der Waals surface area contributed by atoms with Crippen molar-refractivity contribution in [3.8, 4) is 0 Å². The molecular weight excluding hydrogens is 368 g/mol. The van der Waals surface area contributed by atoms with Crippen molar-refractivity contribution in [2.24, 2.45) is 0 Å². The van der Waals surface area contributed by atoms with Crippen molar-refractivity contribution in [1.82, 2.24) is 20.4 Å². The first-order valence-corrected chi connectivity index (χ1v) is 11.7. The fourth-order valence-electron chi connectivity index (χ4n) is 5.06. The first-order chi connectivity index (χ1) is 14.2. The molecule has 0 aromatic carbocycles. The molecule has 3 aliphatic rings. The third kappa shape index (κ3) is 4.82. The Morgan fingerprint density at radius 1 is 1.07 bits per heavy atom. The van der Waals surface area contributed by atoms with Crippen LogP contribution in [0.15, 0.2) is 4.52 Å². The summed E-state index contributed by atoms with van der Waals surface area (Å²) in [6.07, 6.45) is 13.0. The third-order valence-corrected chi connectivity index (χ3v) is 6.96. The van der Waals surface area contributed by atoms with E-state index in [0.717, 1.165) is 58.2 Å². The van der Waals surface area contributed by atoms with Crippen molar-refractivity contribution < 1.29 is 14.1 Å². The Morgan fingerprint density at radius 3 is 2.41 bits per heavy atom. The molecule has 1 N–H and O–H groups in total. The number of hydrogen-bond acceptors (Lipinski definition) is 6. The zero-order chi connectivity index (χ0) is 20.1. The van der Waals surface area contributed by atoms with Gasteiger partial charge in [-0.2, -0.15) is 4.98 Å². The number of amides is 1. The number of hydrogen-bond donors (Lipinski definition) is 1. The van der Waals surface area contributed by atoms with E-state index >= 15 is 0 Å². The molecule has 1 saturated carbocycles. The summed E-state index contributed by atoms with van der Waals surface area (Å²) in [5, 5.41) is 7.75.